The molecular weight excluding hydrogens is 719 g/mol. The van der Waals surface area contributed by atoms with Crippen LogP contribution in [0.5, 0.6) is 0 Å². The standard InChI is InChI=1S/C51H29N3O2S/c1-3-13-30(14-4-1)49-52-50(31-15-5-2-6-16-31)54-51(53-49)40-22-12-21-38-35-26-25-32(29-45(35)57-48(38)40)33-27-41(46-39-18-8-10-24-43(39)55-44(46)28-33)37-20-11-19-36-34-17-7-9-23-42(34)56-47(36)37/h1-29H. The molecule has 4 aromatic heterocycles. The maximum atomic E-state index is 6.58. The summed E-state index contributed by atoms with van der Waals surface area (Å²) < 4.78 is 15.5. The Hall–Kier alpha value is -7.41. The molecule has 0 unspecified atom stereocenters. The second-order valence-corrected chi connectivity index (χ2v) is 15.4. The molecule has 0 radical (unpaired) electrons. The van der Waals surface area contributed by atoms with Crippen LogP contribution in [0.25, 0.3) is 120 Å². The van der Waals surface area contributed by atoms with Gasteiger partial charge >= 0.3 is 0 Å². The van der Waals surface area contributed by atoms with Crippen LogP contribution in [0.15, 0.2) is 185 Å². The predicted molar refractivity (Wildman–Crippen MR) is 234 cm³/mol. The summed E-state index contributed by atoms with van der Waals surface area (Å²) >= 11 is 1.77. The molecule has 0 aliphatic heterocycles. The molecule has 0 bridgehead atoms. The Morgan fingerprint density at radius 2 is 0.965 bits per heavy atom. The van der Waals surface area contributed by atoms with Crippen molar-refractivity contribution >= 4 is 75.4 Å². The van der Waals surface area contributed by atoms with Gasteiger partial charge in [0.25, 0.3) is 0 Å². The molecule has 5 nitrogen and oxygen atoms in total. The summed E-state index contributed by atoms with van der Waals surface area (Å²) in [7, 11) is 0. The monoisotopic (exact) mass is 747 g/mol. The van der Waals surface area contributed by atoms with Gasteiger partial charge in [-0.2, -0.15) is 0 Å². The molecule has 12 rings (SSSR count). The predicted octanol–water partition coefficient (Wildman–Crippen LogP) is 14.4. The van der Waals surface area contributed by atoms with E-state index < -0.39 is 0 Å². The van der Waals surface area contributed by atoms with E-state index >= 15 is 0 Å². The Morgan fingerprint density at radius 3 is 1.72 bits per heavy atom. The maximum absolute atomic E-state index is 6.58. The molecule has 0 aliphatic carbocycles. The highest BCUT2D eigenvalue weighted by molar-refractivity contribution is 7.26. The molecule has 0 saturated carbocycles. The van der Waals surface area contributed by atoms with E-state index in [4.69, 9.17) is 23.8 Å². The van der Waals surface area contributed by atoms with Gasteiger partial charge in [-0.25, -0.2) is 15.0 Å². The summed E-state index contributed by atoms with van der Waals surface area (Å²) in [5.74, 6) is 1.95. The van der Waals surface area contributed by atoms with Crippen molar-refractivity contribution < 1.29 is 8.83 Å². The molecule has 4 heterocycles. The van der Waals surface area contributed by atoms with E-state index in [0.717, 1.165) is 87.5 Å². The van der Waals surface area contributed by atoms with Gasteiger partial charge < -0.3 is 8.83 Å². The van der Waals surface area contributed by atoms with Gasteiger partial charge in [-0.05, 0) is 53.1 Å². The lowest BCUT2D eigenvalue weighted by atomic mass is 9.93. The van der Waals surface area contributed by atoms with E-state index in [2.05, 4.69) is 91.0 Å². The Morgan fingerprint density at radius 1 is 0.351 bits per heavy atom. The Kier molecular flexibility index (Phi) is 7.03. The topological polar surface area (TPSA) is 65.0 Å². The first-order valence-electron chi connectivity index (χ1n) is 18.9. The van der Waals surface area contributed by atoms with Gasteiger partial charge in [-0.1, -0.05) is 140 Å². The van der Waals surface area contributed by atoms with Crippen LogP contribution in [-0.4, -0.2) is 15.0 Å². The number of nitrogens with zero attached hydrogens (tertiary/aromatic N) is 3. The minimum absolute atomic E-state index is 0.648. The first-order chi connectivity index (χ1) is 28.2. The van der Waals surface area contributed by atoms with E-state index in [1.165, 1.54) is 15.5 Å². The van der Waals surface area contributed by atoms with Crippen molar-refractivity contribution in [2.75, 3.05) is 0 Å². The summed E-state index contributed by atoms with van der Waals surface area (Å²) in [6, 6.07) is 60.9. The van der Waals surface area contributed by atoms with Crippen LogP contribution in [0.1, 0.15) is 0 Å². The van der Waals surface area contributed by atoms with Gasteiger partial charge in [0.2, 0.25) is 0 Å². The van der Waals surface area contributed by atoms with E-state index in [1.807, 2.05) is 84.9 Å². The van der Waals surface area contributed by atoms with Crippen LogP contribution in [0, 0.1) is 0 Å². The van der Waals surface area contributed by atoms with Crippen molar-refractivity contribution in [3.05, 3.63) is 176 Å². The van der Waals surface area contributed by atoms with Gasteiger partial charge in [0, 0.05) is 64.0 Å². The quantitative estimate of drug-likeness (QED) is 0.175. The molecule has 6 heteroatoms. The van der Waals surface area contributed by atoms with Crippen LogP contribution < -0.4 is 0 Å². The van der Waals surface area contributed by atoms with Gasteiger partial charge in [0.15, 0.2) is 17.5 Å². The second-order valence-electron chi connectivity index (χ2n) is 14.3. The molecule has 8 aromatic carbocycles. The normalized spacial score (nSPS) is 11.9. The molecule has 57 heavy (non-hydrogen) atoms. The summed E-state index contributed by atoms with van der Waals surface area (Å²) in [5.41, 5.74) is 10.6. The van der Waals surface area contributed by atoms with E-state index in [0.29, 0.717) is 17.5 Å². The summed E-state index contributed by atoms with van der Waals surface area (Å²) in [6.07, 6.45) is 0. The minimum Gasteiger partial charge on any atom is -0.456 e. The molecule has 266 valence electrons. The molecule has 12 aromatic rings. The highest BCUT2D eigenvalue weighted by Gasteiger charge is 2.21. The third-order valence-electron chi connectivity index (χ3n) is 10.9. The maximum Gasteiger partial charge on any atom is 0.165 e. The van der Waals surface area contributed by atoms with Crippen molar-refractivity contribution in [2.24, 2.45) is 0 Å². The summed E-state index contributed by atoms with van der Waals surface area (Å²) in [6.45, 7) is 0. The van der Waals surface area contributed by atoms with Crippen LogP contribution in [0.3, 0.4) is 0 Å². The van der Waals surface area contributed by atoms with E-state index in [-0.39, 0.29) is 0 Å². The number of furan rings is 2. The lowest BCUT2D eigenvalue weighted by molar-refractivity contribution is 0.669. The molecule has 0 spiro atoms. The molecule has 0 fully saturated rings. The third-order valence-corrected chi connectivity index (χ3v) is 12.1. The first-order valence-corrected chi connectivity index (χ1v) is 19.7. The summed E-state index contributed by atoms with van der Waals surface area (Å²) in [4.78, 5) is 15.1. The minimum atomic E-state index is 0.648. The Bertz CT molecular complexity index is 3470. The lowest BCUT2D eigenvalue weighted by Crippen LogP contribution is -2.00. The number of fused-ring (bicyclic) bond motifs is 9. The molecular formula is C51H29N3O2S. The highest BCUT2D eigenvalue weighted by Crippen LogP contribution is 2.46. The van der Waals surface area contributed by atoms with Crippen molar-refractivity contribution in [1.29, 1.82) is 0 Å². The smallest absolute Gasteiger partial charge is 0.165 e. The summed E-state index contributed by atoms with van der Waals surface area (Å²) in [5, 5.41) is 6.74. The fourth-order valence-electron chi connectivity index (χ4n) is 8.28. The number of thiophene rings is 1. The van der Waals surface area contributed by atoms with Gasteiger partial charge in [0.05, 0.1) is 0 Å². The number of hydrogen-bond acceptors (Lipinski definition) is 6. The van der Waals surface area contributed by atoms with Crippen molar-refractivity contribution in [2.45, 2.75) is 0 Å². The number of benzene rings is 8. The first kappa shape index (κ1) is 31.9. The zero-order valence-corrected chi connectivity index (χ0v) is 31.1. The average Bonchev–Trinajstić information content (AvgIpc) is 3.97. The lowest BCUT2D eigenvalue weighted by Gasteiger charge is -2.10. The third kappa shape index (κ3) is 5.12. The fourth-order valence-corrected chi connectivity index (χ4v) is 9.53. The number of para-hydroxylation sites is 3. The van der Waals surface area contributed by atoms with Crippen LogP contribution in [0.4, 0.5) is 0 Å². The molecule has 0 atom stereocenters. The average molecular weight is 748 g/mol. The molecule has 0 N–H and O–H groups in total. The van der Waals surface area contributed by atoms with Crippen LogP contribution >= 0.6 is 11.3 Å². The second kappa shape index (κ2) is 12.6. The van der Waals surface area contributed by atoms with Crippen LogP contribution in [-0.2, 0) is 0 Å². The number of aromatic nitrogens is 3. The van der Waals surface area contributed by atoms with Crippen molar-refractivity contribution in [3.8, 4) is 56.4 Å². The van der Waals surface area contributed by atoms with Crippen molar-refractivity contribution in [1.82, 2.24) is 15.0 Å². The number of rotatable bonds is 5. The van der Waals surface area contributed by atoms with Gasteiger partial charge in [-0.15, -0.1) is 11.3 Å². The van der Waals surface area contributed by atoms with E-state index in [1.54, 1.807) is 11.3 Å². The zero-order chi connectivity index (χ0) is 37.5. The Labute approximate surface area is 330 Å². The number of hydrogen-bond donors (Lipinski definition) is 0. The van der Waals surface area contributed by atoms with E-state index in [9.17, 15) is 0 Å². The molecule has 0 saturated heterocycles. The SMILES string of the molecule is c1ccc(-c2nc(-c3ccccc3)nc(-c3cccc4c3sc3cc(-c5cc(-c6cccc7c6oc6ccccc67)c6c(c5)oc5ccccc56)ccc34)n2)cc1. The molecule has 0 amide bonds. The molecule has 0 aliphatic rings. The van der Waals surface area contributed by atoms with Crippen molar-refractivity contribution in [3.63, 3.8) is 0 Å². The van der Waals surface area contributed by atoms with Crippen LogP contribution in [0.2, 0.25) is 0 Å². The fraction of sp³-hybridized carbons (Fsp3) is 0. The van der Waals surface area contributed by atoms with Gasteiger partial charge in [0.1, 0.15) is 22.3 Å². The highest BCUT2D eigenvalue weighted by atomic mass is 32.1. The zero-order valence-electron chi connectivity index (χ0n) is 30.3. The van der Waals surface area contributed by atoms with Gasteiger partial charge in [-0.3, -0.25) is 0 Å². The Balaban J connectivity index is 1.05. The largest absolute Gasteiger partial charge is 0.456 e.